The first-order valence-electron chi connectivity index (χ1n) is 5.96. The maximum atomic E-state index is 9.14. The molecule has 1 N–H and O–H groups in total. The molecule has 0 aromatic heterocycles. The summed E-state index contributed by atoms with van der Waals surface area (Å²) >= 11 is 6.00. The Morgan fingerprint density at radius 1 is 1.41 bits per heavy atom. The van der Waals surface area contributed by atoms with Gasteiger partial charge in [0.1, 0.15) is 0 Å². The summed E-state index contributed by atoms with van der Waals surface area (Å²) in [5.41, 5.74) is 0.904. The van der Waals surface area contributed by atoms with E-state index < -0.39 is 0 Å². The van der Waals surface area contributed by atoms with Crippen molar-refractivity contribution in [3.8, 4) is 6.07 Å². The Morgan fingerprint density at radius 3 is 2.82 bits per heavy atom. The normalized spacial score (nSPS) is 24.6. The number of hydrogen-bond donors (Lipinski definition) is 1. The largest absolute Gasteiger partial charge is 0.306 e. The molecule has 0 saturated carbocycles. The Balaban J connectivity index is 2.11. The second-order valence-electron chi connectivity index (χ2n) is 5.24. The summed E-state index contributed by atoms with van der Waals surface area (Å²) in [6.07, 6.45) is 2.11. The molecule has 2 nitrogen and oxygen atoms in total. The zero-order chi connectivity index (χ0) is 12.5. The summed E-state index contributed by atoms with van der Waals surface area (Å²) in [6.45, 7) is 3.98. The lowest BCUT2D eigenvalue weighted by Crippen LogP contribution is -2.37. The summed E-state index contributed by atoms with van der Waals surface area (Å²) in [5.74, 6) is 0. The van der Waals surface area contributed by atoms with Crippen LogP contribution in [0.3, 0.4) is 0 Å². The Bertz CT molecular complexity index is 448. The van der Waals surface area contributed by atoms with E-state index in [0.29, 0.717) is 6.04 Å². The van der Waals surface area contributed by atoms with E-state index >= 15 is 0 Å². The van der Waals surface area contributed by atoms with Crippen LogP contribution in [0.5, 0.6) is 0 Å². The van der Waals surface area contributed by atoms with Crippen molar-refractivity contribution < 1.29 is 0 Å². The third kappa shape index (κ3) is 2.62. The van der Waals surface area contributed by atoms with Crippen molar-refractivity contribution in [1.82, 2.24) is 5.32 Å². The first-order chi connectivity index (χ1) is 8.03. The second kappa shape index (κ2) is 4.68. The van der Waals surface area contributed by atoms with Crippen LogP contribution in [0.1, 0.15) is 38.3 Å². The van der Waals surface area contributed by atoms with Crippen molar-refractivity contribution in [3.63, 3.8) is 0 Å². The molecule has 1 aromatic carbocycles. The van der Waals surface area contributed by atoms with Crippen LogP contribution in [0.4, 0.5) is 0 Å². The highest BCUT2D eigenvalue weighted by Crippen LogP contribution is 2.35. The number of nitrogens with one attached hydrogen (secondary N) is 1. The molecule has 0 spiro atoms. The fourth-order valence-corrected chi connectivity index (χ4v) is 2.57. The van der Waals surface area contributed by atoms with E-state index in [2.05, 4.69) is 17.5 Å². The van der Waals surface area contributed by atoms with Gasteiger partial charge >= 0.3 is 0 Å². The maximum absolute atomic E-state index is 9.14. The number of halogens is 1. The molecule has 0 amide bonds. The molecule has 90 valence electrons. The average Bonchev–Trinajstić information content (AvgIpc) is 2.79. The van der Waals surface area contributed by atoms with Crippen molar-refractivity contribution in [2.45, 2.75) is 38.8 Å². The molecule has 2 atom stereocenters. The molecule has 1 saturated heterocycles. The average molecular weight is 249 g/mol. The van der Waals surface area contributed by atoms with Crippen LogP contribution in [0.2, 0.25) is 5.02 Å². The summed E-state index contributed by atoms with van der Waals surface area (Å²) in [6, 6.07) is 10.9. The molecule has 2 rings (SSSR count). The number of rotatable bonds is 2. The lowest BCUT2D eigenvalue weighted by Gasteiger charge is -2.25. The maximum Gasteiger partial charge on any atom is 0.0700 e. The van der Waals surface area contributed by atoms with Crippen molar-refractivity contribution in [2.75, 3.05) is 0 Å². The van der Waals surface area contributed by atoms with Gasteiger partial charge in [0.25, 0.3) is 0 Å². The summed E-state index contributed by atoms with van der Waals surface area (Å²) in [7, 11) is 0. The summed E-state index contributed by atoms with van der Waals surface area (Å²) in [5, 5.41) is 13.5. The van der Waals surface area contributed by atoms with Gasteiger partial charge in [0.15, 0.2) is 0 Å². The van der Waals surface area contributed by atoms with Crippen LogP contribution in [0, 0.1) is 16.7 Å². The lowest BCUT2D eigenvalue weighted by molar-refractivity contribution is 0.341. The standard InChI is InChI=1S/C14H17ClN2/c1-14(2,9-16)13-7-6-12(17-13)10-4-3-5-11(15)8-10/h3-5,8,12-13,17H,6-7H2,1-2H3. The Hall–Kier alpha value is -1.04. The van der Waals surface area contributed by atoms with E-state index in [1.165, 1.54) is 5.56 Å². The van der Waals surface area contributed by atoms with Gasteiger partial charge in [0.2, 0.25) is 0 Å². The van der Waals surface area contributed by atoms with Crippen molar-refractivity contribution in [3.05, 3.63) is 34.9 Å². The summed E-state index contributed by atoms with van der Waals surface area (Å²) in [4.78, 5) is 0. The van der Waals surface area contributed by atoms with Crippen molar-refractivity contribution in [1.29, 1.82) is 5.26 Å². The first kappa shape index (κ1) is 12.4. The monoisotopic (exact) mass is 248 g/mol. The van der Waals surface area contributed by atoms with Crippen LogP contribution in [0.15, 0.2) is 24.3 Å². The van der Waals surface area contributed by atoms with Gasteiger partial charge < -0.3 is 5.32 Å². The molecule has 0 aliphatic carbocycles. The molecule has 3 heteroatoms. The van der Waals surface area contributed by atoms with Gasteiger partial charge in [0.05, 0.1) is 11.5 Å². The van der Waals surface area contributed by atoms with E-state index in [9.17, 15) is 0 Å². The van der Waals surface area contributed by atoms with Gasteiger partial charge in [0, 0.05) is 17.1 Å². The molecule has 2 unspecified atom stereocenters. The van der Waals surface area contributed by atoms with Gasteiger partial charge in [-0.3, -0.25) is 0 Å². The number of hydrogen-bond acceptors (Lipinski definition) is 2. The molecule has 17 heavy (non-hydrogen) atoms. The Labute approximate surface area is 108 Å². The highest BCUT2D eigenvalue weighted by atomic mass is 35.5. The molecule has 0 bridgehead atoms. The van der Waals surface area contributed by atoms with Crippen LogP contribution >= 0.6 is 11.6 Å². The van der Waals surface area contributed by atoms with Crippen LogP contribution in [0.25, 0.3) is 0 Å². The fourth-order valence-electron chi connectivity index (χ4n) is 2.38. The minimum absolute atomic E-state index is 0.261. The molecule has 1 aliphatic rings. The van der Waals surface area contributed by atoms with Gasteiger partial charge in [-0.05, 0) is 44.4 Å². The zero-order valence-electron chi connectivity index (χ0n) is 10.2. The van der Waals surface area contributed by atoms with Crippen LogP contribution in [-0.2, 0) is 0 Å². The van der Waals surface area contributed by atoms with E-state index in [0.717, 1.165) is 17.9 Å². The van der Waals surface area contributed by atoms with E-state index in [4.69, 9.17) is 16.9 Å². The molecule has 1 fully saturated rings. The minimum atomic E-state index is -0.312. The quantitative estimate of drug-likeness (QED) is 0.867. The second-order valence-corrected chi connectivity index (χ2v) is 5.67. The van der Waals surface area contributed by atoms with Gasteiger partial charge in [-0.2, -0.15) is 5.26 Å². The van der Waals surface area contributed by atoms with Crippen molar-refractivity contribution in [2.24, 2.45) is 5.41 Å². The first-order valence-corrected chi connectivity index (χ1v) is 6.33. The fraction of sp³-hybridized carbons (Fsp3) is 0.500. The molecule has 0 radical (unpaired) electrons. The Kier molecular flexibility index (Phi) is 3.42. The summed E-state index contributed by atoms with van der Waals surface area (Å²) < 4.78 is 0. The van der Waals surface area contributed by atoms with Gasteiger partial charge in [-0.15, -0.1) is 0 Å². The zero-order valence-corrected chi connectivity index (χ0v) is 11.0. The smallest absolute Gasteiger partial charge is 0.0700 e. The van der Waals surface area contributed by atoms with Crippen molar-refractivity contribution >= 4 is 11.6 Å². The third-order valence-electron chi connectivity index (χ3n) is 3.56. The van der Waals surface area contributed by atoms with E-state index in [1.807, 2.05) is 32.0 Å². The molecule has 1 heterocycles. The third-order valence-corrected chi connectivity index (χ3v) is 3.79. The SMILES string of the molecule is CC(C)(C#N)C1CCC(c2cccc(Cl)c2)N1. The molecule has 1 aliphatic heterocycles. The highest BCUT2D eigenvalue weighted by molar-refractivity contribution is 6.30. The number of benzene rings is 1. The number of nitriles is 1. The van der Waals surface area contributed by atoms with E-state index in [-0.39, 0.29) is 11.5 Å². The van der Waals surface area contributed by atoms with Gasteiger partial charge in [-0.1, -0.05) is 23.7 Å². The van der Waals surface area contributed by atoms with Crippen LogP contribution in [-0.4, -0.2) is 6.04 Å². The van der Waals surface area contributed by atoms with Crippen LogP contribution < -0.4 is 5.32 Å². The van der Waals surface area contributed by atoms with Gasteiger partial charge in [-0.25, -0.2) is 0 Å². The predicted octanol–water partition coefficient (Wildman–Crippen LogP) is 3.68. The number of nitrogens with zero attached hydrogens (tertiary/aromatic N) is 1. The topological polar surface area (TPSA) is 35.8 Å². The molecular formula is C14H17ClN2. The molecular weight excluding hydrogens is 232 g/mol. The minimum Gasteiger partial charge on any atom is -0.306 e. The van der Waals surface area contributed by atoms with E-state index in [1.54, 1.807) is 0 Å². The predicted molar refractivity (Wildman–Crippen MR) is 69.7 cm³/mol. The lowest BCUT2D eigenvalue weighted by atomic mass is 9.85. The Morgan fingerprint density at radius 2 is 2.18 bits per heavy atom. The molecule has 1 aromatic rings. The highest BCUT2D eigenvalue weighted by Gasteiger charge is 2.36.